The largest absolute Gasteiger partial charge is 0.493 e. The number of allylic oxidation sites excluding steroid dienone is 1. The Morgan fingerprint density at radius 3 is 3.00 bits per heavy atom. The van der Waals surface area contributed by atoms with Crippen molar-refractivity contribution in [2.75, 3.05) is 6.61 Å². The SMILES string of the molecule is O=C1/C=C\CCOc2ccccc2C1. The molecule has 0 spiro atoms. The molecule has 1 aliphatic rings. The summed E-state index contributed by atoms with van der Waals surface area (Å²) in [6, 6.07) is 7.70. The van der Waals surface area contributed by atoms with Gasteiger partial charge in [-0.1, -0.05) is 24.3 Å². The summed E-state index contributed by atoms with van der Waals surface area (Å²) >= 11 is 0. The van der Waals surface area contributed by atoms with E-state index in [4.69, 9.17) is 4.74 Å². The number of ether oxygens (including phenoxy) is 1. The number of ketones is 1. The second kappa shape index (κ2) is 4.09. The van der Waals surface area contributed by atoms with Crippen LogP contribution in [0.1, 0.15) is 12.0 Å². The lowest BCUT2D eigenvalue weighted by Crippen LogP contribution is -2.01. The maximum absolute atomic E-state index is 11.4. The zero-order valence-electron chi connectivity index (χ0n) is 7.90. The van der Waals surface area contributed by atoms with E-state index >= 15 is 0 Å². The molecule has 2 rings (SSSR count). The van der Waals surface area contributed by atoms with Crippen molar-refractivity contribution in [3.63, 3.8) is 0 Å². The maximum Gasteiger partial charge on any atom is 0.159 e. The molecule has 1 aliphatic heterocycles. The first-order chi connectivity index (χ1) is 6.86. The monoisotopic (exact) mass is 188 g/mol. The van der Waals surface area contributed by atoms with E-state index in [-0.39, 0.29) is 5.78 Å². The molecule has 0 aliphatic carbocycles. The predicted molar refractivity (Wildman–Crippen MR) is 54.4 cm³/mol. The van der Waals surface area contributed by atoms with Crippen LogP contribution in [-0.4, -0.2) is 12.4 Å². The van der Waals surface area contributed by atoms with Gasteiger partial charge in [-0.15, -0.1) is 0 Å². The zero-order chi connectivity index (χ0) is 9.80. The van der Waals surface area contributed by atoms with Crippen molar-refractivity contribution in [3.05, 3.63) is 42.0 Å². The molecule has 0 unspecified atom stereocenters. The molecule has 14 heavy (non-hydrogen) atoms. The smallest absolute Gasteiger partial charge is 0.159 e. The van der Waals surface area contributed by atoms with Gasteiger partial charge in [0.05, 0.1) is 6.61 Å². The van der Waals surface area contributed by atoms with Gasteiger partial charge in [0.25, 0.3) is 0 Å². The van der Waals surface area contributed by atoms with Crippen molar-refractivity contribution < 1.29 is 9.53 Å². The van der Waals surface area contributed by atoms with Crippen LogP contribution in [-0.2, 0) is 11.2 Å². The molecule has 0 aromatic heterocycles. The Balaban J connectivity index is 2.31. The van der Waals surface area contributed by atoms with Crippen LogP contribution in [0.2, 0.25) is 0 Å². The molecular weight excluding hydrogens is 176 g/mol. The van der Waals surface area contributed by atoms with Crippen LogP contribution in [0.4, 0.5) is 0 Å². The summed E-state index contributed by atoms with van der Waals surface area (Å²) in [5, 5.41) is 0. The van der Waals surface area contributed by atoms with E-state index in [1.165, 1.54) is 0 Å². The van der Waals surface area contributed by atoms with Crippen LogP contribution >= 0.6 is 0 Å². The first-order valence-corrected chi connectivity index (χ1v) is 4.76. The number of carbonyl (C=O) groups excluding carboxylic acids is 1. The van der Waals surface area contributed by atoms with Gasteiger partial charge in [0.2, 0.25) is 0 Å². The molecule has 2 heteroatoms. The highest BCUT2D eigenvalue weighted by Crippen LogP contribution is 2.19. The Kier molecular flexibility index (Phi) is 2.63. The fraction of sp³-hybridized carbons (Fsp3) is 0.250. The molecule has 1 aromatic rings. The summed E-state index contributed by atoms with van der Waals surface area (Å²) in [5.74, 6) is 0.979. The molecule has 0 fully saturated rings. The van der Waals surface area contributed by atoms with Gasteiger partial charge in [-0.25, -0.2) is 0 Å². The van der Waals surface area contributed by atoms with Crippen molar-refractivity contribution in [1.82, 2.24) is 0 Å². The fourth-order valence-corrected chi connectivity index (χ4v) is 1.49. The zero-order valence-corrected chi connectivity index (χ0v) is 7.90. The summed E-state index contributed by atoms with van der Waals surface area (Å²) in [6.45, 7) is 0.640. The van der Waals surface area contributed by atoms with Gasteiger partial charge in [-0.3, -0.25) is 4.79 Å². The normalized spacial score (nSPS) is 18.4. The minimum absolute atomic E-state index is 0.142. The van der Waals surface area contributed by atoms with Gasteiger partial charge in [-0.2, -0.15) is 0 Å². The molecule has 0 saturated heterocycles. The second-order valence-corrected chi connectivity index (χ2v) is 3.29. The van der Waals surface area contributed by atoms with Gasteiger partial charge >= 0.3 is 0 Å². The maximum atomic E-state index is 11.4. The third-order valence-corrected chi connectivity index (χ3v) is 2.18. The Morgan fingerprint density at radius 1 is 1.21 bits per heavy atom. The van der Waals surface area contributed by atoms with E-state index in [1.54, 1.807) is 6.08 Å². The fourth-order valence-electron chi connectivity index (χ4n) is 1.49. The Hall–Kier alpha value is -1.57. The molecule has 2 nitrogen and oxygen atoms in total. The van der Waals surface area contributed by atoms with Crippen LogP contribution in [0.15, 0.2) is 36.4 Å². The summed E-state index contributed by atoms with van der Waals surface area (Å²) in [5.41, 5.74) is 0.976. The molecule has 72 valence electrons. The number of hydrogen-bond donors (Lipinski definition) is 0. The number of rotatable bonds is 0. The van der Waals surface area contributed by atoms with Crippen molar-refractivity contribution in [2.45, 2.75) is 12.8 Å². The van der Waals surface area contributed by atoms with Crippen LogP contribution in [0, 0.1) is 0 Å². The topological polar surface area (TPSA) is 26.3 Å². The highest BCUT2D eigenvalue weighted by molar-refractivity contribution is 5.91. The van der Waals surface area contributed by atoms with E-state index in [1.807, 2.05) is 30.3 Å². The molecule has 1 aromatic carbocycles. The van der Waals surface area contributed by atoms with Crippen molar-refractivity contribution >= 4 is 5.78 Å². The van der Waals surface area contributed by atoms with Gasteiger partial charge in [0.1, 0.15) is 5.75 Å². The van der Waals surface area contributed by atoms with E-state index in [2.05, 4.69) is 0 Å². The number of carbonyl (C=O) groups is 1. The molecule has 0 radical (unpaired) electrons. The number of hydrogen-bond acceptors (Lipinski definition) is 2. The third-order valence-electron chi connectivity index (χ3n) is 2.18. The molecule has 0 atom stereocenters. The quantitative estimate of drug-likeness (QED) is 0.623. The van der Waals surface area contributed by atoms with E-state index in [0.29, 0.717) is 13.0 Å². The standard InChI is InChI=1S/C12H12O2/c13-11-6-3-4-8-14-12-7-2-1-5-10(12)9-11/h1-3,5-7H,4,8-9H2/b6-3-. The van der Waals surface area contributed by atoms with E-state index < -0.39 is 0 Å². The predicted octanol–water partition coefficient (Wildman–Crippen LogP) is 2.14. The summed E-state index contributed by atoms with van der Waals surface area (Å²) in [7, 11) is 0. The van der Waals surface area contributed by atoms with Gasteiger partial charge < -0.3 is 4.74 Å². The minimum atomic E-state index is 0.142. The van der Waals surface area contributed by atoms with Gasteiger partial charge in [0, 0.05) is 12.0 Å². The third kappa shape index (κ3) is 2.02. The van der Waals surface area contributed by atoms with Crippen molar-refractivity contribution in [2.24, 2.45) is 0 Å². The van der Waals surface area contributed by atoms with Crippen LogP contribution in [0.5, 0.6) is 5.75 Å². The highest BCUT2D eigenvalue weighted by Gasteiger charge is 2.07. The number of benzene rings is 1. The molecule has 1 heterocycles. The lowest BCUT2D eigenvalue weighted by atomic mass is 10.1. The van der Waals surface area contributed by atoms with E-state index in [9.17, 15) is 4.79 Å². The molecular formula is C12H12O2. The molecule has 0 bridgehead atoms. The lowest BCUT2D eigenvalue weighted by molar-refractivity contribution is -0.114. The molecule has 0 saturated carbocycles. The second-order valence-electron chi connectivity index (χ2n) is 3.29. The summed E-state index contributed by atoms with van der Waals surface area (Å²) in [6.07, 6.45) is 4.74. The van der Waals surface area contributed by atoms with Crippen LogP contribution in [0.3, 0.4) is 0 Å². The average molecular weight is 188 g/mol. The van der Waals surface area contributed by atoms with Crippen LogP contribution in [0.25, 0.3) is 0 Å². The minimum Gasteiger partial charge on any atom is -0.493 e. The molecule has 0 N–H and O–H groups in total. The Morgan fingerprint density at radius 2 is 2.07 bits per heavy atom. The van der Waals surface area contributed by atoms with Gasteiger partial charge in [0.15, 0.2) is 5.78 Å². The number of para-hydroxylation sites is 1. The average Bonchev–Trinajstić information content (AvgIpc) is 2.27. The molecule has 0 amide bonds. The highest BCUT2D eigenvalue weighted by atomic mass is 16.5. The van der Waals surface area contributed by atoms with Crippen molar-refractivity contribution in [3.8, 4) is 5.75 Å². The number of fused-ring (bicyclic) bond motifs is 1. The van der Waals surface area contributed by atoms with E-state index in [0.717, 1.165) is 17.7 Å². The summed E-state index contributed by atoms with van der Waals surface area (Å²) in [4.78, 5) is 11.4. The summed E-state index contributed by atoms with van der Waals surface area (Å²) < 4.78 is 5.55. The Labute approximate surface area is 83.2 Å². The van der Waals surface area contributed by atoms with Crippen LogP contribution < -0.4 is 4.74 Å². The first kappa shape index (κ1) is 9.00. The van der Waals surface area contributed by atoms with Crippen molar-refractivity contribution in [1.29, 1.82) is 0 Å². The lowest BCUT2D eigenvalue weighted by Gasteiger charge is -2.07. The van der Waals surface area contributed by atoms with Gasteiger partial charge in [-0.05, 0) is 18.6 Å². The first-order valence-electron chi connectivity index (χ1n) is 4.76. The Bertz CT molecular complexity index is 366.